The van der Waals surface area contributed by atoms with E-state index in [1.807, 2.05) is 24.3 Å². The average Bonchev–Trinajstić information content (AvgIpc) is 3.15. The number of rotatable bonds is 2. The van der Waals surface area contributed by atoms with Crippen molar-refractivity contribution in [2.75, 3.05) is 0 Å². The number of phenolic OH excluding ortho intramolecular Hbond substituents is 1. The summed E-state index contributed by atoms with van der Waals surface area (Å²) >= 11 is 0. The molecule has 0 spiro atoms. The first-order chi connectivity index (χ1) is 13.4. The molecule has 0 fully saturated rings. The molecular formula is C21H18FN3O3. The molecule has 0 aliphatic carbocycles. The highest BCUT2D eigenvalue weighted by atomic mass is 19.1. The molecule has 4 rings (SSSR count). The molecule has 0 atom stereocenters. The molecule has 0 aliphatic rings. The Morgan fingerprint density at radius 1 is 1.07 bits per heavy atom. The number of para-hydroxylation sites is 1. The zero-order chi connectivity index (χ0) is 20.0. The fourth-order valence-electron chi connectivity index (χ4n) is 3.65. The first kappa shape index (κ1) is 17.7. The van der Waals surface area contributed by atoms with Crippen LogP contribution in [-0.4, -0.2) is 20.8 Å². The van der Waals surface area contributed by atoms with Gasteiger partial charge in [0.25, 0.3) is 6.01 Å². The van der Waals surface area contributed by atoms with Gasteiger partial charge in [0.05, 0.1) is 11.2 Å². The largest absolute Gasteiger partial charge is 0.508 e. The first-order valence-electron chi connectivity index (χ1n) is 8.60. The van der Waals surface area contributed by atoms with E-state index in [4.69, 9.17) is 10.2 Å². The Hall–Kier alpha value is -3.74. The number of nitrogens with two attached hydrogens (primary N) is 1. The topological polar surface area (TPSA) is 96.9 Å². The molecule has 6 nitrogen and oxygen atoms in total. The van der Waals surface area contributed by atoms with Crippen LogP contribution in [0.1, 0.15) is 11.3 Å². The summed E-state index contributed by atoms with van der Waals surface area (Å²) in [6, 6.07) is 13.4. The van der Waals surface area contributed by atoms with Crippen LogP contribution in [0.5, 0.6) is 5.75 Å². The third kappa shape index (κ3) is 2.51. The van der Waals surface area contributed by atoms with E-state index in [9.17, 15) is 14.7 Å². The zero-order valence-corrected chi connectivity index (χ0v) is 15.3. The number of aromatic hydroxyl groups is 1. The van der Waals surface area contributed by atoms with E-state index in [1.165, 1.54) is 0 Å². The van der Waals surface area contributed by atoms with Crippen molar-refractivity contribution in [2.24, 2.45) is 10.9 Å². The highest BCUT2D eigenvalue weighted by Crippen LogP contribution is 2.44. The minimum atomic E-state index is -0.680. The minimum Gasteiger partial charge on any atom is -0.508 e. The number of hydrogen-bond acceptors (Lipinski definition) is 4. The third-order valence-corrected chi connectivity index (χ3v) is 4.86. The van der Waals surface area contributed by atoms with Gasteiger partial charge in [0, 0.05) is 22.1 Å². The van der Waals surface area contributed by atoms with E-state index in [2.05, 4.69) is 5.16 Å². The van der Waals surface area contributed by atoms with Gasteiger partial charge in [0.2, 0.25) is 5.96 Å². The van der Waals surface area contributed by atoms with Crippen molar-refractivity contribution in [3.05, 3.63) is 65.9 Å². The number of nitrogens with zero attached hydrogens (tertiary/aromatic N) is 2. The number of oxime groups is 1. The number of halogens is 1. The van der Waals surface area contributed by atoms with Crippen molar-refractivity contribution in [1.29, 1.82) is 0 Å². The molecule has 0 saturated heterocycles. The van der Waals surface area contributed by atoms with E-state index in [0.717, 1.165) is 16.5 Å². The molecule has 4 N–H and O–H groups in total. The summed E-state index contributed by atoms with van der Waals surface area (Å²) in [5.74, 6) is 0.355. The third-order valence-electron chi connectivity index (χ3n) is 4.86. The Kier molecular flexibility index (Phi) is 4.07. The standard InChI is InChI=1S/C21H18FN3O3/c1-11-17(12(2)28-20(11)22)19-18(13-7-9-14(26)10-8-13)15-5-3-4-6-16(15)25(19)21(23)24-27/h3-10,26-27H,1-2H3,(H2,23,24). The highest BCUT2D eigenvalue weighted by molar-refractivity contribution is 6.10. The first-order valence-corrected chi connectivity index (χ1v) is 8.60. The maximum atomic E-state index is 14.2. The van der Waals surface area contributed by atoms with E-state index in [-0.39, 0.29) is 11.7 Å². The molecule has 0 saturated carbocycles. The monoisotopic (exact) mass is 379 g/mol. The van der Waals surface area contributed by atoms with Crippen molar-refractivity contribution < 1.29 is 19.1 Å². The number of aromatic nitrogens is 1. The predicted molar refractivity (Wildman–Crippen MR) is 105 cm³/mol. The lowest BCUT2D eigenvalue weighted by molar-refractivity contribution is 0.316. The van der Waals surface area contributed by atoms with Gasteiger partial charge < -0.3 is 20.5 Å². The van der Waals surface area contributed by atoms with Crippen molar-refractivity contribution >= 4 is 16.9 Å². The van der Waals surface area contributed by atoms with Gasteiger partial charge >= 0.3 is 0 Å². The molecule has 28 heavy (non-hydrogen) atoms. The number of phenols is 1. The van der Waals surface area contributed by atoms with Gasteiger partial charge in [-0.1, -0.05) is 35.5 Å². The van der Waals surface area contributed by atoms with E-state index < -0.39 is 6.01 Å². The molecule has 4 aromatic rings. The van der Waals surface area contributed by atoms with Gasteiger partial charge in [0.15, 0.2) is 0 Å². The minimum absolute atomic E-state index is 0.132. The van der Waals surface area contributed by atoms with Gasteiger partial charge in [0.1, 0.15) is 11.5 Å². The van der Waals surface area contributed by atoms with Gasteiger partial charge in [-0.25, -0.2) is 0 Å². The second-order valence-corrected chi connectivity index (χ2v) is 6.51. The summed E-state index contributed by atoms with van der Waals surface area (Å²) in [6.07, 6.45) is 0. The van der Waals surface area contributed by atoms with Crippen molar-refractivity contribution in [3.63, 3.8) is 0 Å². The van der Waals surface area contributed by atoms with E-state index >= 15 is 0 Å². The van der Waals surface area contributed by atoms with Gasteiger partial charge in [-0.3, -0.25) is 4.57 Å². The molecule has 7 heteroatoms. The van der Waals surface area contributed by atoms with Crippen molar-refractivity contribution in [3.8, 4) is 28.1 Å². The molecular weight excluding hydrogens is 361 g/mol. The van der Waals surface area contributed by atoms with Crippen LogP contribution < -0.4 is 5.73 Å². The van der Waals surface area contributed by atoms with Crippen LogP contribution in [-0.2, 0) is 0 Å². The maximum Gasteiger partial charge on any atom is 0.281 e. The van der Waals surface area contributed by atoms with Gasteiger partial charge in [-0.05, 0) is 37.6 Å². The van der Waals surface area contributed by atoms with Crippen molar-refractivity contribution in [1.82, 2.24) is 4.57 Å². The normalized spacial score (nSPS) is 12.0. The van der Waals surface area contributed by atoms with Crippen molar-refractivity contribution in [2.45, 2.75) is 13.8 Å². The second kappa shape index (κ2) is 6.45. The molecule has 0 unspecified atom stereocenters. The van der Waals surface area contributed by atoms with Crippen LogP contribution >= 0.6 is 0 Å². The number of benzene rings is 2. The molecule has 2 heterocycles. The Balaban J connectivity index is 2.23. The quantitative estimate of drug-likeness (QED) is 0.205. The summed E-state index contributed by atoms with van der Waals surface area (Å²) in [5.41, 5.74) is 9.66. The summed E-state index contributed by atoms with van der Waals surface area (Å²) in [4.78, 5) is 0. The lowest BCUT2D eigenvalue weighted by Crippen LogP contribution is -2.23. The molecule has 2 aromatic heterocycles. The fourth-order valence-corrected chi connectivity index (χ4v) is 3.65. The van der Waals surface area contributed by atoms with E-state index in [0.29, 0.717) is 28.1 Å². The Labute approximate surface area is 159 Å². The predicted octanol–water partition coefficient (Wildman–Crippen LogP) is 4.58. The fraction of sp³-hybridized carbons (Fsp3) is 0.0952. The number of fused-ring (bicyclic) bond motifs is 1. The lowest BCUT2D eigenvalue weighted by atomic mass is 9.97. The number of furan rings is 1. The van der Waals surface area contributed by atoms with Crippen LogP contribution in [0.25, 0.3) is 33.3 Å². The van der Waals surface area contributed by atoms with E-state index in [1.54, 1.807) is 42.7 Å². The lowest BCUT2D eigenvalue weighted by Gasteiger charge is -2.11. The maximum absolute atomic E-state index is 14.2. The number of hydrogen-bond donors (Lipinski definition) is 3. The zero-order valence-electron chi connectivity index (χ0n) is 15.3. The Bertz CT molecular complexity index is 1220. The molecule has 0 bridgehead atoms. The molecule has 0 aliphatic heterocycles. The van der Waals surface area contributed by atoms with Crippen LogP contribution in [0, 0.1) is 19.9 Å². The molecule has 0 amide bonds. The van der Waals surface area contributed by atoms with Gasteiger partial charge in [-0.2, -0.15) is 4.39 Å². The summed E-state index contributed by atoms with van der Waals surface area (Å²) in [5, 5.41) is 23.1. The smallest absolute Gasteiger partial charge is 0.281 e. The molecule has 2 aromatic carbocycles. The average molecular weight is 379 g/mol. The molecule has 0 radical (unpaired) electrons. The molecule has 142 valence electrons. The van der Waals surface area contributed by atoms with Crippen LogP contribution in [0.4, 0.5) is 4.39 Å². The Morgan fingerprint density at radius 3 is 2.36 bits per heavy atom. The van der Waals surface area contributed by atoms with Crippen LogP contribution in [0.3, 0.4) is 0 Å². The summed E-state index contributed by atoms with van der Waals surface area (Å²) in [7, 11) is 0. The highest BCUT2D eigenvalue weighted by Gasteiger charge is 2.27. The Morgan fingerprint density at radius 2 is 1.75 bits per heavy atom. The van der Waals surface area contributed by atoms with Gasteiger partial charge in [-0.15, -0.1) is 0 Å². The summed E-state index contributed by atoms with van der Waals surface area (Å²) in [6.45, 7) is 3.29. The number of aryl methyl sites for hydroxylation is 1. The second-order valence-electron chi connectivity index (χ2n) is 6.51. The summed E-state index contributed by atoms with van der Waals surface area (Å²) < 4.78 is 21.0. The SMILES string of the molecule is Cc1oc(F)c(C)c1-c1c(-c2ccc(O)cc2)c2ccccc2n1C(N)=NO. The van der Waals surface area contributed by atoms with Crippen LogP contribution in [0.2, 0.25) is 0 Å². The van der Waals surface area contributed by atoms with Crippen LogP contribution in [0.15, 0.2) is 58.1 Å².